The molecule has 0 fully saturated rings. The van der Waals surface area contributed by atoms with Crippen LogP contribution in [0.2, 0.25) is 0 Å². The summed E-state index contributed by atoms with van der Waals surface area (Å²) in [5.41, 5.74) is 2.41. The number of aryl methyl sites for hydroxylation is 1. The van der Waals surface area contributed by atoms with E-state index in [2.05, 4.69) is 16.2 Å². The van der Waals surface area contributed by atoms with Crippen LogP contribution >= 0.6 is 0 Å². The summed E-state index contributed by atoms with van der Waals surface area (Å²) in [5.74, 6) is -0.781. The summed E-state index contributed by atoms with van der Waals surface area (Å²) in [6, 6.07) is 10.1. The third kappa shape index (κ3) is 2.93. The van der Waals surface area contributed by atoms with Gasteiger partial charge in [-0.2, -0.15) is 5.26 Å². The third-order valence-corrected chi connectivity index (χ3v) is 3.90. The van der Waals surface area contributed by atoms with Gasteiger partial charge in [0.25, 0.3) is 5.56 Å². The largest absolute Gasteiger partial charge is 0.478 e. The lowest BCUT2D eigenvalue weighted by molar-refractivity contribution is 0.0696. The number of nitrogens with zero attached hydrogens (tertiary/aromatic N) is 3. The van der Waals surface area contributed by atoms with Crippen LogP contribution in [0.4, 0.5) is 0 Å². The van der Waals surface area contributed by atoms with Crippen LogP contribution in [0.3, 0.4) is 0 Å². The fourth-order valence-corrected chi connectivity index (χ4v) is 2.60. The molecule has 124 valence electrons. The first kappa shape index (κ1) is 16.2. The monoisotopic (exact) mass is 334 g/mol. The molecule has 0 aliphatic heterocycles. The number of carbonyl (C=O) groups is 1. The molecule has 0 aliphatic rings. The first-order valence-electron chi connectivity index (χ1n) is 7.58. The average Bonchev–Trinajstić information content (AvgIpc) is 3.02. The van der Waals surface area contributed by atoms with Crippen molar-refractivity contribution in [1.82, 2.24) is 14.8 Å². The van der Waals surface area contributed by atoms with Gasteiger partial charge in [0.05, 0.1) is 22.8 Å². The molecule has 0 atom stereocenters. The molecule has 0 unspecified atom stereocenters. The number of carboxylic acid groups (broad SMARTS) is 1. The molecule has 7 heteroatoms. The van der Waals surface area contributed by atoms with E-state index in [-0.39, 0.29) is 11.1 Å². The Morgan fingerprint density at radius 2 is 2.12 bits per heavy atom. The Bertz CT molecular complexity index is 1040. The molecule has 0 amide bonds. The van der Waals surface area contributed by atoms with Gasteiger partial charge >= 0.3 is 5.97 Å². The van der Waals surface area contributed by atoms with Crippen molar-refractivity contribution < 1.29 is 9.90 Å². The highest BCUT2D eigenvalue weighted by atomic mass is 16.4. The number of nitriles is 1. The van der Waals surface area contributed by atoms with Crippen molar-refractivity contribution in [2.45, 2.75) is 13.3 Å². The number of hydrogen-bond donors (Lipinski definition) is 2. The minimum absolute atomic E-state index is 0.0453. The van der Waals surface area contributed by atoms with Crippen molar-refractivity contribution in [2.24, 2.45) is 0 Å². The zero-order chi connectivity index (χ0) is 18.0. The van der Waals surface area contributed by atoms with Crippen LogP contribution < -0.4 is 5.56 Å². The Morgan fingerprint density at radius 1 is 1.32 bits per heavy atom. The van der Waals surface area contributed by atoms with E-state index in [0.29, 0.717) is 23.4 Å². The van der Waals surface area contributed by atoms with Crippen LogP contribution in [0, 0.1) is 11.3 Å². The summed E-state index contributed by atoms with van der Waals surface area (Å²) in [7, 11) is 0. The van der Waals surface area contributed by atoms with Crippen LogP contribution in [-0.2, 0) is 6.42 Å². The molecule has 0 bridgehead atoms. The van der Waals surface area contributed by atoms with Gasteiger partial charge in [0.15, 0.2) is 5.82 Å². The minimum Gasteiger partial charge on any atom is -0.478 e. The van der Waals surface area contributed by atoms with Gasteiger partial charge in [-0.1, -0.05) is 13.0 Å². The number of nitrogens with one attached hydrogen (secondary N) is 1. The predicted molar refractivity (Wildman–Crippen MR) is 90.7 cm³/mol. The zero-order valence-corrected chi connectivity index (χ0v) is 13.4. The van der Waals surface area contributed by atoms with E-state index in [9.17, 15) is 9.59 Å². The van der Waals surface area contributed by atoms with Crippen LogP contribution in [0.15, 0.2) is 47.5 Å². The SMILES string of the molecule is CCc1cc(C#N)ccc1-c1c[nH]n(-c2ccc(C(=O)O)cn2)c1=O. The quantitative estimate of drug-likeness (QED) is 0.760. The Morgan fingerprint density at radius 3 is 2.72 bits per heavy atom. The van der Waals surface area contributed by atoms with Crippen molar-refractivity contribution in [3.8, 4) is 23.0 Å². The number of rotatable bonds is 4. The first-order valence-corrected chi connectivity index (χ1v) is 7.58. The normalized spacial score (nSPS) is 10.4. The second-order valence-electron chi connectivity index (χ2n) is 5.38. The van der Waals surface area contributed by atoms with E-state index >= 15 is 0 Å². The number of H-pyrrole nitrogens is 1. The van der Waals surface area contributed by atoms with Crippen LogP contribution in [0.5, 0.6) is 0 Å². The molecule has 0 aliphatic carbocycles. The lowest BCUT2D eigenvalue weighted by Crippen LogP contribution is -2.17. The Labute approximate surface area is 142 Å². The smallest absolute Gasteiger partial charge is 0.337 e. The number of hydrogen-bond acceptors (Lipinski definition) is 4. The molecular formula is C18H14N4O3. The summed E-state index contributed by atoms with van der Waals surface area (Å²) >= 11 is 0. The van der Waals surface area contributed by atoms with Crippen LogP contribution in [-0.4, -0.2) is 25.8 Å². The molecule has 0 saturated heterocycles. The Hall–Kier alpha value is -3.66. The van der Waals surface area contributed by atoms with Gasteiger partial charge in [-0.15, -0.1) is 0 Å². The van der Waals surface area contributed by atoms with Gasteiger partial charge in [-0.05, 0) is 41.8 Å². The van der Waals surface area contributed by atoms with Gasteiger partial charge in [0.2, 0.25) is 0 Å². The van der Waals surface area contributed by atoms with E-state index in [4.69, 9.17) is 10.4 Å². The summed E-state index contributed by atoms with van der Waals surface area (Å²) in [4.78, 5) is 27.6. The molecule has 2 heterocycles. The number of pyridine rings is 1. The zero-order valence-electron chi connectivity index (χ0n) is 13.4. The molecule has 0 radical (unpaired) electrons. The van der Waals surface area contributed by atoms with Gasteiger partial charge in [-0.25, -0.2) is 14.5 Å². The third-order valence-electron chi connectivity index (χ3n) is 3.90. The van der Waals surface area contributed by atoms with Gasteiger partial charge in [-0.3, -0.25) is 9.89 Å². The van der Waals surface area contributed by atoms with Crippen LogP contribution in [0.1, 0.15) is 28.4 Å². The van der Waals surface area contributed by atoms with E-state index in [0.717, 1.165) is 11.1 Å². The van der Waals surface area contributed by atoms with Gasteiger partial charge in [0.1, 0.15) is 0 Å². The molecule has 7 nitrogen and oxygen atoms in total. The number of aromatic nitrogens is 3. The topological polar surface area (TPSA) is 112 Å². The van der Waals surface area contributed by atoms with Crippen molar-refractivity contribution in [3.05, 3.63) is 69.8 Å². The minimum atomic E-state index is -1.08. The number of carboxylic acids is 1. The Kier molecular flexibility index (Phi) is 4.18. The standard InChI is InChI=1S/C18H14N4O3/c1-2-12-7-11(8-19)3-5-14(12)15-10-21-22(17(15)23)16-6-4-13(9-20-16)18(24)25/h3-7,9-10,21H,2H2,1H3,(H,24,25). The second-order valence-corrected chi connectivity index (χ2v) is 5.38. The number of aromatic carboxylic acids is 1. The van der Waals surface area contributed by atoms with Crippen LogP contribution in [0.25, 0.3) is 16.9 Å². The highest BCUT2D eigenvalue weighted by Crippen LogP contribution is 2.22. The highest BCUT2D eigenvalue weighted by Gasteiger charge is 2.14. The number of benzene rings is 1. The lowest BCUT2D eigenvalue weighted by atomic mass is 9.98. The Balaban J connectivity index is 2.06. The van der Waals surface area contributed by atoms with Crippen molar-refractivity contribution >= 4 is 5.97 Å². The predicted octanol–water partition coefficient (Wildman–Crippen LogP) is 2.36. The molecule has 0 saturated carbocycles. The van der Waals surface area contributed by atoms with E-state index in [1.165, 1.54) is 23.0 Å². The molecule has 25 heavy (non-hydrogen) atoms. The molecular weight excluding hydrogens is 320 g/mol. The van der Waals surface area contributed by atoms with Gasteiger partial charge < -0.3 is 5.11 Å². The van der Waals surface area contributed by atoms with E-state index in [1.54, 1.807) is 24.4 Å². The summed E-state index contributed by atoms with van der Waals surface area (Å²) in [6.45, 7) is 1.96. The fraction of sp³-hybridized carbons (Fsp3) is 0.111. The molecule has 0 spiro atoms. The summed E-state index contributed by atoms with van der Waals surface area (Å²) in [5, 5.41) is 20.8. The summed E-state index contributed by atoms with van der Waals surface area (Å²) in [6.07, 6.45) is 3.46. The van der Waals surface area contributed by atoms with E-state index < -0.39 is 5.97 Å². The maximum Gasteiger partial charge on any atom is 0.337 e. The van der Waals surface area contributed by atoms with Crippen molar-refractivity contribution in [3.63, 3.8) is 0 Å². The molecule has 2 N–H and O–H groups in total. The number of aromatic amines is 1. The van der Waals surface area contributed by atoms with Crippen molar-refractivity contribution in [2.75, 3.05) is 0 Å². The lowest BCUT2D eigenvalue weighted by Gasteiger charge is -2.05. The molecule has 3 rings (SSSR count). The van der Waals surface area contributed by atoms with E-state index in [1.807, 2.05) is 6.92 Å². The fourth-order valence-electron chi connectivity index (χ4n) is 2.60. The van der Waals surface area contributed by atoms with Gasteiger partial charge in [0, 0.05) is 12.4 Å². The molecule has 3 aromatic rings. The molecule has 1 aromatic carbocycles. The maximum atomic E-state index is 12.7. The highest BCUT2D eigenvalue weighted by molar-refractivity contribution is 5.87. The maximum absolute atomic E-state index is 12.7. The second kappa shape index (κ2) is 6.45. The molecule has 2 aromatic heterocycles. The summed E-state index contributed by atoms with van der Waals surface area (Å²) < 4.78 is 1.25. The first-order chi connectivity index (χ1) is 12.0. The average molecular weight is 334 g/mol. The van der Waals surface area contributed by atoms with Crippen molar-refractivity contribution in [1.29, 1.82) is 5.26 Å².